The molecule has 0 spiro atoms. The third-order valence-electron chi connectivity index (χ3n) is 10.3. The lowest BCUT2D eigenvalue weighted by atomic mass is 9.77. The summed E-state index contributed by atoms with van der Waals surface area (Å²) in [4.78, 5) is 9.06. The Kier molecular flexibility index (Phi) is 12.6. The molecular weight excluding hydrogens is 599 g/mol. The van der Waals surface area contributed by atoms with Gasteiger partial charge in [0.05, 0.1) is 11.5 Å². The van der Waals surface area contributed by atoms with Gasteiger partial charge in [-0.05, 0) is 87.6 Å². The SMILES string of the molecule is CC#CC1CC=CC=C1C(C)=N/C=C\C.CCC(C)C(CC)[n+]1ccc(C(C)C(C)(C)C)cc1-c1c(C)ccc2c1oc1nc(C)ccc12. The molecule has 3 heterocycles. The van der Waals surface area contributed by atoms with Gasteiger partial charge in [-0.1, -0.05) is 90.8 Å². The van der Waals surface area contributed by atoms with Crippen molar-refractivity contribution in [2.45, 2.75) is 114 Å². The van der Waals surface area contributed by atoms with E-state index in [4.69, 9.17) is 9.40 Å². The van der Waals surface area contributed by atoms with Crippen LogP contribution in [0.1, 0.15) is 117 Å². The third-order valence-corrected chi connectivity index (χ3v) is 10.3. The highest BCUT2D eigenvalue weighted by molar-refractivity contribution is 6.08. The van der Waals surface area contributed by atoms with Gasteiger partial charge in [0.25, 0.3) is 0 Å². The molecule has 0 saturated carbocycles. The zero-order valence-corrected chi connectivity index (χ0v) is 32.1. The Hall–Kier alpha value is -4.23. The van der Waals surface area contributed by atoms with Crippen molar-refractivity contribution in [3.05, 3.63) is 95.5 Å². The van der Waals surface area contributed by atoms with Crippen molar-refractivity contribution in [1.29, 1.82) is 0 Å². The Bertz CT molecular complexity index is 1950. The molecule has 0 aliphatic heterocycles. The molecule has 4 atom stereocenters. The van der Waals surface area contributed by atoms with Crippen LogP contribution in [-0.4, -0.2) is 10.7 Å². The van der Waals surface area contributed by atoms with Gasteiger partial charge in [-0.15, -0.1) is 5.92 Å². The number of hydrogen-bond acceptors (Lipinski definition) is 3. The Morgan fingerprint density at radius 1 is 1.08 bits per heavy atom. The summed E-state index contributed by atoms with van der Waals surface area (Å²) in [6.07, 6.45) is 15.7. The molecule has 1 aliphatic carbocycles. The smallest absolute Gasteiger partial charge is 0.227 e. The predicted octanol–water partition coefficient (Wildman–Crippen LogP) is 12.2. The standard InChI is InChI=1S/C31H41N2O.C14H17N/c1-10-19(3)26(11-2)33-17-16-23(22(6)31(7,8)9)18-27(33)28-20(4)12-14-24-25-15-13-21(5)32-30(25)34-29(24)28;1-4-8-13-9-6-7-10-14(13)12(3)15-11-5-2/h12-19,22,26H,10-11H2,1-9H3;5-7,10-11,13H,9H2,1-3H3/q+1;/b;11-5-,15-12?. The molecule has 258 valence electrons. The van der Waals surface area contributed by atoms with Gasteiger partial charge in [-0.3, -0.25) is 4.99 Å². The maximum Gasteiger partial charge on any atom is 0.227 e. The molecule has 0 N–H and O–H groups in total. The van der Waals surface area contributed by atoms with E-state index in [1.54, 1.807) is 0 Å². The minimum Gasteiger partial charge on any atom is -0.437 e. The zero-order valence-electron chi connectivity index (χ0n) is 32.1. The van der Waals surface area contributed by atoms with Crippen LogP contribution in [0, 0.1) is 42.9 Å². The number of rotatable bonds is 8. The second-order valence-corrected chi connectivity index (χ2v) is 14.7. The van der Waals surface area contributed by atoms with Crippen LogP contribution < -0.4 is 4.57 Å². The van der Waals surface area contributed by atoms with Gasteiger partial charge < -0.3 is 4.42 Å². The molecule has 1 aromatic carbocycles. The van der Waals surface area contributed by atoms with E-state index < -0.39 is 0 Å². The van der Waals surface area contributed by atoms with Crippen molar-refractivity contribution in [2.24, 2.45) is 22.2 Å². The van der Waals surface area contributed by atoms with E-state index >= 15 is 0 Å². The lowest BCUT2D eigenvalue weighted by Gasteiger charge is -2.28. The van der Waals surface area contributed by atoms with E-state index in [-0.39, 0.29) is 5.41 Å². The summed E-state index contributed by atoms with van der Waals surface area (Å²) in [7, 11) is 0. The molecule has 0 amide bonds. The second kappa shape index (κ2) is 16.4. The van der Waals surface area contributed by atoms with Gasteiger partial charge in [-0.25, -0.2) is 4.98 Å². The topological polar surface area (TPSA) is 42.3 Å². The summed E-state index contributed by atoms with van der Waals surface area (Å²) >= 11 is 0. The number of furan rings is 1. The molecule has 4 aromatic rings. The lowest BCUT2D eigenvalue weighted by Crippen LogP contribution is -2.44. The summed E-state index contributed by atoms with van der Waals surface area (Å²) in [5, 5.41) is 2.22. The van der Waals surface area contributed by atoms with Crippen molar-refractivity contribution >= 4 is 27.8 Å². The van der Waals surface area contributed by atoms with Crippen LogP contribution in [0.4, 0.5) is 0 Å². The zero-order chi connectivity index (χ0) is 35.9. The quantitative estimate of drug-likeness (QED) is 0.108. The molecule has 0 bridgehead atoms. The highest BCUT2D eigenvalue weighted by atomic mass is 16.3. The normalized spacial score (nSPS) is 16.9. The van der Waals surface area contributed by atoms with Gasteiger partial charge >= 0.3 is 0 Å². The Labute approximate surface area is 296 Å². The third kappa shape index (κ3) is 8.50. The molecule has 4 heteroatoms. The molecule has 3 aromatic heterocycles. The molecule has 49 heavy (non-hydrogen) atoms. The highest BCUT2D eigenvalue weighted by Crippen LogP contribution is 2.40. The molecule has 0 radical (unpaired) electrons. The summed E-state index contributed by atoms with van der Waals surface area (Å²) in [5.74, 6) is 7.53. The van der Waals surface area contributed by atoms with Crippen molar-refractivity contribution in [1.82, 2.24) is 4.98 Å². The van der Waals surface area contributed by atoms with Crippen LogP contribution in [0.15, 0.2) is 88.1 Å². The maximum absolute atomic E-state index is 6.50. The predicted molar refractivity (Wildman–Crippen MR) is 210 cm³/mol. The fourth-order valence-electron chi connectivity index (χ4n) is 6.74. The van der Waals surface area contributed by atoms with E-state index in [0.29, 0.717) is 23.8 Å². The number of aromatic nitrogens is 2. The molecular formula is C45H58N3O+. The molecule has 0 fully saturated rings. The van der Waals surface area contributed by atoms with Crippen LogP contribution in [0.25, 0.3) is 33.3 Å². The molecule has 5 rings (SSSR count). The minimum absolute atomic E-state index is 0.187. The Morgan fingerprint density at radius 2 is 1.82 bits per heavy atom. The lowest BCUT2D eigenvalue weighted by molar-refractivity contribution is -0.720. The molecule has 1 aliphatic rings. The molecule has 0 saturated heterocycles. The fraction of sp³-hybridized carbons (Fsp3) is 0.444. The summed E-state index contributed by atoms with van der Waals surface area (Å²) < 4.78 is 9.01. The average Bonchev–Trinajstić information content (AvgIpc) is 3.44. The van der Waals surface area contributed by atoms with Gasteiger partial charge in [-0.2, -0.15) is 4.57 Å². The van der Waals surface area contributed by atoms with Gasteiger partial charge in [0, 0.05) is 52.8 Å². The van der Waals surface area contributed by atoms with E-state index in [9.17, 15) is 0 Å². The maximum atomic E-state index is 6.50. The summed E-state index contributed by atoms with van der Waals surface area (Å²) in [5.41, 5.74) is 10.2. The molecule has 4 nitrogen and oxygen atoms in total. The highest BCUT2D eigenvalue weighted by Gasteiger charge is 2.32. The Morgan fingerprint density at radius 3 is 2.47 bits per heavy atom. The number of aliphatic imine (C=N–C) groups is 1. The number of benzene rings is 1. The first-order valence-corrected chi connectivity index (χ1v) is 18.2. The van der Waals surface area contributed by atoms with Crippen molar-refractivity contribution in [3.63, 3.8) is 0 Å². The number of allylic oxidation sites excluding steroid dienone is 5. The van der Waals surface area contributed by atoms with Crippen molar-refractivity contribution in [2.75, 3.05) is 0 Å². The van der Waals surface area contributed by atoms with Gasteiger partial charge in [0.1, 0.15) is 0 Å². The van der Waals surface area contributed by atoms with Crippen molar-refractivity contribution < 1.29 is 8.98 Å². The number of aryl methyl sites for hydroxylation is 2. The first kappa shape index (κ1) is 37.6. The number of fused-ring (bicyclic) bond motifs is 3. The van der Waals surface area contributed by atoms with E-state index in [2.05, 4.69) is 138 Å². The van der Waals surface area contributed by atoms with E-state index in [1.807, 2.05) is 40.0 Å². The first-order valence-electron chi connectivity index (χ1n) is 18.2. The summed E-state index contributed by atoms with van der Waals surface area (Å²) in [6, 6.07) is 13.8. The average molecular weight is 657 g/mol. The van der Waals surface area contributed by atoms with Crippen LogP contribution in [0.3, 0.4) is 0 Å². The van der Waals surface area contributed by atoms with E-state index in [1.165, 1.54) is 28.0 Å². The van der Waals surface area contributed by atoms with Crippen molar-refractivity contribution in [3.8, 4) is 23.1 Å². The number of hydrogen-bond donors (Lipinski definition) is 0. The van der Waals surface area contributed by atoms with Gasteiger partial charge in [0.15, 0.2) is 17.8 Å². The van der Waals surface area contributed by atoms with Crippen LogP contribution in [0.2, 0.25) is 0 Å². The number of pyridine rings is 2. The second-order valence-electron chi connectivity index (χ2n) is 14.7. The molecule has 4 unspecified atom stereocenters. The monoisotopic (exact) mass is 656 g/mol. The minimum atomic E-state index is 0.187. The fourth-order valence-corrected chi connectivity index (χ4v) is 6.74. The van der Waals surface area contributed by atoms with Crippen LogP contribution in [-0.2, 0) is 0 Å². The first-order chi connectivity index (χ1) is 23.4. The largest absolute Gasteiger partial charge is 0.437 e. The van der Waals surface area contributed by atoms with Crippen LogP contribution in [0.5, 0.6) is 0 Å². The number of nitrogens with zero attached hydrogens (tertiary/aromatic N) is 3. The van der Waals surface area contributed by atoms with Gasteiger partial charge in [0.2, 0.25) is 11.4 Å². The Balaban J connectivity index is 0.000000302. The van der Waals surface area contributed by atoms with Crippen LogP contribution >= 0.6 is 0 Å². The summed E-state index contributed by atoms with van der Waals surface area (Å²) in [6.45, 7) is 26.4. The van der Waals surface area contributed by atoms with E-state index in [0.717, 1.165) is 52.7 Å².